The summed E-state index contributed by atoms with van der Waals surface area (Å²) in [6.45, 7) is 3.92. The van der Waals surface area contributed by atoms with Crippen LogP contribution in [0.1, 0.15) is 21.5 Å². The molecule has 0 bridgehead atoms. The molecule has 0 aliphatic rings. The van der Waals surface area contributed by atoms with Crippen molar-refractivity contribution in [3.63, 3.8) is 0 Å². The molecule has 3 N–H and O–H groups in total. The molecule has 0 saturated carbocycles. The van der Waals surface area contributed by atoms with Crippen LogP contribution in [0.25, 0.3) is 0 Å². The van der Waals surface area contributed by atoms with Crippen LogP contribution in [0.4, 0.5) is 11.4 Å². The monoisotopic (exact) mass is 240 g/mol. The molecule has 2 aromatic carbocycles. The molecule has 0 unspecified atom stereocenters. The lowest BCUT2D eigenvalue weighted by Crippen LogP contribution is -2.12. The van der Waals surface area contributed by atoms with Crippen LogP contribution in [-0.2, 0) is 0 Å². The number of amides is 1. The van der Waals surface area contributed by atoms with Crippen LogP contribution in [0.2, 0.25) is 0 Å². The molecule has 0 atom stereocenters. The van der Waals surface area contributed by atoms with Gasteiger partial charge in [-0.3, -0.25) is 4.79 Å². The van der Waals surface area contributed by atoms with E-state index in [4.69, 9.17) is 5.73 Å². The highest BCUT2D eigenvalue weighted by Gasteiger charge is 2.06. The van der Waals surface area contributed by atoms with Gasteiger partial charge in [0.2, 0.25) is 0 Å². The molecule has 0 aliphatic carbocycles. The Bertz CT molecular complexity index is 574. The van der Waals surface area contributed by atoms with Crippen molar-refractivity contribution in [1.29, 1.82) is 0 Å². The van der Waals surface area contributed by atoms with E-state index >= 15 is 0 Å². The minimum atomic E-state index is -0.127. The average Bonchev–Trinajstić information content (AvgIpc) is 2.34. The molecule has 3 heteroatoms. The average molecular weight is 240 g/mol. The fourth-order valence-corrected chi connectivity index (χ4v) is 1.63. The smallest absolute Gasteiger partial charge is 0.255 e. The van der Waals surface area contributed by atoms with Crippen LogP contribution in [-0.4, -0.2) is 5.91 Å². The number of anilines is 2. The highest BCUT2D eigenvalue weighted by Crippen LogP contribution is 2.17. The first-order valence-corrected chi connectivity index (χ1v) is 5.80. The Morgan fingerprint density at radius 2 is 1.72 bits per heavy atom. The van der Waals surface area contributed by atoms with Crippen molar-refractivity contribution in [2.45, 2.75) is 13.8 Å². The molecule has 0 aromatic heterocycles. The van der Waals surface area contributed by atoms with Crippen LogP contribution < -0.4 is 11.1 Å². The molecular formula is C15H16N2O. The first kappa shape index (κ1) is 12.2. The third-order valence-electron chi connectivity index (χ3n) is 2.85. The second-order valence-corrected chi connectivity index (χ2v) is 4.39. The zero-order valence-electron chi connectivity index (χ0n) is 10.5. The minimum absolute atomic E-state index is 0.127. The molecule has 18 heavy (non-hydrogen) atoms. The lowest BCUT2D eigenvalue weighted by molar-refractivity contribution is 0.102. The summed E-state index contributed by atoms with van der Waals surface area (Å²) >= 11 is 0. The molecular weight excluding hydrogens is 224 g/mol. The van der Waals surface area contributed by atoms with Gasteiger partial charge in [-0.05, 0) is 43.7 Å². The van der Waals surface area contributed by atoms with E-state index in [1.54, 1.807) is 6.07 Å². The maximum atomic E-state index is 12.0. The van der Waals surface area contributed by atoms with Crippen LogP contribution in [0, 0.1) is 13.8 Å². The second-order valence-electron chi connectivity index (χ2n) is 4.39. The molecule has 2 aromatic rings. The molecule has 2 rings (SSSR count). The number of aryl methyl sites for hydroxylation is 2. The van der Waals surface area contributed by atoms with Gasteiger partial charge in [-0.1, -0.05) is 23.8 Å². The van der Waals surface area contributed by atoms with Crippen LogP contribution >= 0.6 is 0 Å². The fraction of sp³-hybridized carbons (Fsp3) is 0.133. The largest absolute Gasteiger partial charge is 0.398 e. The lowest BCUT2D eigenvalue weighted by Gasteiger charge is -2.07. The third-order valence-corrected chi connectivity index (χ3v) is 2.85. The predicted octanol–water partition coefficient (Wildman–Crippen LogP) is 3.14. The number of benzene rings is 2. The first-order valence-electron chi connectivity index (χ1n) is 5.80. The number of nitrogens with one attached hydrogen (secondary N) is 1. The Kier molecular flexibility index (Phi) is 3.33. The van der Waals surface area contributed by atoms with Crippen molar-refractivity contribution in [2.75, 3.05) is 11.1 Å². The fourth-order valence-electron chi connectivity index (χ4n) is 1.63. The van der Waals surface area contributed by atoms with Gasteiger partial charge < -0.3 is 11.1 Å². The van der Waals surface area contributed by atoms with E-state index < -0.39 is 0 Å². The van der Waals surface area contributed by atoms with Gasteiger partial charge in [-0.2, -0.15) is 0 Å². The maximum Gasteiger partial charge on any atom is 0.255 e. The summed E-state index contributed by atoms with van der Waals surface area (Å²) in [6.07, 6.45) is 0. The van der Waals surface area contributed by atoms with Crippen molar-refractivity contribution >= 4 is 17.3 Å². The molecule has 0 radical (unpaired) electrons. The zero-order valence-corrected chi connectivity index (χ0v) is 10.5. The molecule has 92 valence electrons. The highest BCUT2D eigenvalue weighted by molar-refractivity contribution is 6.04. The van der Waals surface area contributed by atoms with Crippen LogP contribution in [0.3, 0.4) is 0 Å². The SMILES string of the molecule is Cc1ccc(C(=O)Nc2ccc(C)c(N)c2)cc1. The van der Waals surface area contributed by atoms with E-state index in [-0.39, 0.29) is 5.91 Å². The van der Waals surface area contributed by atoms with Crippen molar-refractivity contribution in [3.8, 4) is 0 Å². The third kappa shape index (κ3) is 2.69. The summed E-state index contributed by atoms with van der Waals surface area (Å²) in [5, 5.41) is 2.83. The summed E-state index contributed by atoms with van der Waals surface area (Å²) in [7, 11) is 0. The predicted molar refractivity (Wildman–Crippen MR) is 74.7 cm³/mol. The molecule has 0 spiro atoms. The number of carbonyl (C=O) groups is 1. The Morgan fingerprint density at radius 3 is 2.33 bits per heavy atom. The summed E-state index contributed by atoms with van der Waals surface area (Å²) < 4.78 is 0. The lowest BCUT2D eigenvalue weighted by atomic mass is 10.1. The standard InChI is InChI=1S/C15H16N2O/c1-10-3-6-12(7-4-10)15(18)17-13-8-5-11(2)14(16)9-13/h3-9H,16H2,1-2H3,(H,17,18). The van der Waals surface area contributed by atoms with Crippen molar-refractivity contribution in [1.82, 2.24) is 0 Å². The number of nitrogens with two attached hydrogens (primary N) is 1. The Hall–Kier alpha value is -2.29. The summed E-state index contributed by atoms with van der Waals surface area (Å²) in [5.41, 5.74) is 9.97. The Balaban J connectivity index is 2.16. The number of rotatable bonds is 2. The van der Waals surface area contributed by atoms with E-state index in [1.807, 2.05) is 50.2 Å². The van der Waals surface area contributed by atoms with Crippen LogP contribution in [0.5, 0.6) is 0 Å². The van der Waals surface area contributed by atoms with Crippen molar-refractivity contribution < 1.29 is 4.79 Å². The van der Waals surface area contributed by atoms with E-state index in [0.29, 0.717) is 16.9 Å². The number of hydrogen-bond donors (Lipinski definition) is 2. The van der Waals surface area contributed by atoms with Gasteiger partial charge in [0.15, 0.2) is 0 Å². The topological polar surface area (TPSA) is 55.1 Å². The number of carbonyl (C=O) groups excluding carboxylic acids is 1. The quantitative estimate of drug-likeness (QED) is 0.792. The van der Waals surface area contributed by atoms with E-state index in [2.05, 4.69) is 5.32 Å². The van der Waals surface area contributed by atoms with E-state index in [9.17, 15) is 4.79 Å². The summed E-state index contributed by atoms with van der Waals surface area (Å²) in [4.78, 5) is 12.0. The van der Waals surface area contributed by atoms with E-state index in [0.717, 1.165) is 11.1 Å². The molecule has 3 nitrogen and oxygen atoms in total. The highest BCUT2D eigenvalue weighted by atomic mass is 16.1. The zero-order chi connectivity index (χ0) is 13.1. The van der Waals surface area contributed by atoms with Gasteiger partial charge in [0.25, 0.3) is 5.91 Å². The van der Waals surface area contributed by atoms with Crippen molar-refractivity contribution in [3.05, 3.63) is 59.2 Å². The Labute approximate surface area is 107 Å². The van der Waals surface area contributed by atoms with Gasteiger partial charge in [0.05, 0.1) is 0 Å². The maximum absolute atomic E-state index is 12.0. The summed E-state index contributed by atoms with van der Waals surface area (Å²) in [5.74, 6) is -0.127. The summed E-state index contributed by atoms with van der Waals surface area (Å²) in [6, 6.07) is 12.9. The van der Waals surface area contributed by atoms with Gasteiger partial charge in [0, 0.05) is 16.9 Å². The molecule has 0 aliphatic heterocycles. The van der Waals surface area contributed by atoms with Crippen LogP contribution in [0.15, 0.2) is 42.5 Å². The van der Waals surface area contributed by atoms with Gasteiger partial charge in [0.1, 0.15) is 0 Å². The van der Waals surface area contributed by atoms with E-state index in [1.165, 1.54) is 0 Å². The number of hydrogen-bond acceptors (Lipinski definition) is 2. The second kappa shape index (κ2) is 4.92. The normalized spacial score (nSPS) is 10.1. The first-order chi connectivity index (χ1) is 8.56. The molecule has 0 heterocycles. The van der Waals surface area contributed by atoms with Gasteiger partial charge in [-0.15, -0.1) is 0 Å². The molecule has 0 saturated heterocycles. The number of nitrogen functional groups attached to an aromatic ring is 1. The molecule has 1 amide bonds. The minimum Gasteiger partial charge on any atom is -0.398 e. The van der Waals surface area contributed by atoms with Crippen molar-refractivity contribution in [2.24, 2.45) is 0 Å². The van der Waals surface area contributed by atoms with Gasteiger partial charge >= 0.3 is 0 Å². The van der Waals surface area contributed by atoms with Gasteiger partial charge in [-0.25, -0.2) is 0 Å². The molecule has 0 fully saturated rings. The Morgan fingerprint density at radius 1 is 1.06 bits per heavy atom.